The Labute approximate surface area is 148 Å². The average Bonchev–Trinajstić information content (AvgIpc) is 2.58. The monoisotopic (exact) mass is 340 g/mol. The maximum Gasteiger partial charge on any atom is 0.338 e. The summed E-state index contributed by atoms with van der Waals surface area (Å²) in [7, 11) is 1.62. The first kappa shape index (κ1) is 18.7. The predicted molar refractivity (Wildman–Crippen MR) is 97.4 cm³/mol. The van der Waals surface area contributed by atoms with Gasteiger partial charge in [0.05, 0.1) is 12.7 Å². The Balaban J connectivity index is 2.16. The summed E-state index contributed by atoms with van der Waals surface area (Å²) >= 11 is 0. The highest BCUT2D eigenvalue weighted by Crippen LogP contribution is 2.32. The van der Waals surface area contributed by atoms with E-state index in [9.17, 15) is 9.59 Å². The van der Waals surface area contributed by atoms with Gasteiger partial charge in [-0.1, -0.05) is 39.0 Å². The van der Waals surface area contributed by atoms with Gasteiger partial charge in [0.2, 0.25) is 0 Å². The Hall–Kier alpha value is -2.62. The van der Waals surface area contributed by atoms with E-state index in [0.717, 1.165) is 28.7 Å². The number of esters is 1. The van der Waals surface area contributed by atoms with Crippen LogP contribution in [0, 0.1) is 6.92 Å². The number of methoxy groups -OCH3 is 1. The number of carbonyl (C=O) groups is 2. The van der Waals surface area contributed by atoms with Crippen molar-refractivity contribution in [3.05, 3.63) is 64.2 Å². The molecule has 0 amide bonds. The molecule has 0 radical (unpaired) electrons. The van der Waals surface area contributed by atoms with Gasteiger partial charge in [-0.2, -0.15) is 0 Å². The second-order valence-corrected chi connectivity index (χ2v) is 7.05. The van der Waals surface area contributed by atoms with Crippen LogP contribution in [0.5, 0.6) is 5.75 Å². The molecule has 132 valence electrons. The molecule has 4 nitrogen and oxygen atoms in total. The largest absolute Gasteiger partial charge is 0.496 e. The van der Waals surface area contributed by atoms with Crippen molar-refractivity contribution in [3.8, 4) is 5.75 Å². The second kappa shape index (κ2) is 7.51. The quantitative estimate of drug-likeness (QED) is 0.595. The van der Waals surface area contributed by atoms with Crippen molar-refractivity contribution in [2.24, 2.45) is 0 Å². The zero-order chi connectivity index (χ0) is 18.6. The van der Waals surface area contributed by atoms with Crippen molar-refractivity contribution < 1.29 is 19.1 Å². The molecule has 0 N–H and O–H groups in total. The highest BCUT2D eigenvalue weighted by atomic mass is 16.5. The number of ether oxygens (including phenoxy) is 2. The second-order valence-electron chi connectivity index (χ2n) is 7.05. The van der Waals surface area contributed by atoms with Crippen LogP contribution in [0.1, 0.15) is 58.2 Å². The van der Waals surface area contributed by atoms with Crippen molar-refractivity contribution >= 4 is 12.3 Å². The lowest BCUT2D eigenvalue weighted by Gasteiger charge is -2.22. The number of hydrogen-bond donors (Lipinski definition) is 0. The van der Waals surface area contributed by atoms with Crippen LogP contribution in [-0.4, -0.2) is 19.4 Å². The maximum atomic E-state index is 12.4. The third-order valence-electron chi connectivity index (χ3n) is 4.07. The predicted octanol–water partition coefficient (Wildman–Crippen LogP) is 4.47. The molecule has 0 aliphatic heterocycles. The Bertz CT molecular complexity index is 785. The van der Waals surface area contributed by atoms with Gasteiger partial charge in [0.15, 0.2) is 0 Å². The molecule has 25 heavy (non-hydrogen) atoms. The molecule has 0 fully saturated rings. The van der Waals surface area contributed by atoms with Crippen LogP contribution < -0.4 is 4.74 Å². The third-order valence-corrected chi connectivity index (χ3v) is 4.07. The standard InChI is InChI=1S/C21H24O4/c1-14-10-15(6-7-17(14)12-22)13-25-20(23)16-8-9-19(24-5)18(11-16)21(2,3)4/h6-12H,13H2,1-5H3. The van der Waals surface area contributed by atoms with Crippen molar-refractivity contribution in [3.63, 3.8) is 0 Å². The first-order valence-corrected chi connectivity index (χ1v) is 8.16. The fourth-order valence-corrected chi connectivity index (χ4v) is 2.61. The summed E-state index contributed by atoms with van der Waals surface area (Å²) in [5.41, 5.74) is 3.65. The van der Waals surface area contributed by atoms with Crippen LogP contribution in [0.25, 0.3) is 0 Å². The molecule has 2 rings (SSSR count). The van der Waals surface area contributed by atoms with Crippen LogP contribution in [0.15, 0.2) is 36.4 Å². The summed E-state index contributed by atoms with van der Waals surface area (Å²) in [5, 5.41) is 0. The Morgan fingerprint density at radius 3 is 2.40 bits per heavy atom. The van der Waals surface area contributed by atoms with Crippen LogP contribution in [-0.2, 0) is 16.8 Å². The molecule has 4 heteroatoms. The first-order chi connectivity index (χ1) is 11.8. The molecule has 0 saturated heterocycles. The number of carbonyl (C=O) groups excluding carboxylic acids is 2. The van der Waals surface area contributed by atoms with Crippen LogP contribution in [0.3, 0.4) is 0 Å². The van der Waals surface area contributed by atoms with E-state index in [0.29, 0.717) is 11.1 Å². The number of hydrogen-bond acceptors (Lipinski definition) is 4. The Kier molecular flexibility index (Phi) is 5.62. The maximum absolute atomic E-state index is 12.4. The molecule has 2 aromatic rings. The minimum atomic E-state index is -0.384. The minimum absolute atomic E-state index is 0.149. The fraction of sp³-hybridized carbons (Fsp3) is 0.333. The highest BCUT2D eigenvalue weighted by Gasteiger charge is 2.21. The molecule has 0 bridgehead atoms. The summed E-state index contributed by atoms with van der Waals surface area (Å²) in [6.45, 7) is 8.22. The van der Waals surface area contributed by atoms with Crippen molar-refractivity contribution in [2.45, 2.75) is 39.7 Å². The van der Waals surface area contributed by atoms with Gasteiger partial charge in [0.25, 0.3) is 0 Å². The van der Waals surface area contributed by atoms with Gasteiger partial charge in [-0.25, -0.2) is 4.79 Å². The SMILES string of the molecule is COc1ccc(C(=O)OCc2ccc(C=O)c(C)c2)cc1C(C)(C)C. The van der Waals surface area contributed by atoms with E-state index in [1.165, 1.54) is 0 Å². The number of benzene rings is 2. The molecule has 0 aromatic heterocycles. The molecule has 2 aromatic carbocycles. The fourth-order valence-electron chi connectivity index (χ4n) is 2.61. The van der Waals surface area contributed by atoms with Crippen LogP contribution in [0.4, 0.5) is 0 Å². The highest BCUT2D eigenvalue weighted by molar-refractivity contribution is 5.90. The summed E-state index contributed by atoms with van der Waals surface area (Å²) in [6, 6.07) is 10.7. The summed E-state index contributed by atoms with van der Waals surface area (Å²) in [5.74, 6) is 0.370. The average molecular weight is 340 g/mol. The van der Waals surface area contributed by atoms with Gasteiger partial charge in [-0.3, -0.25) is 4.79 Å². The molecule has 0 saturated carbocycles. The molecule has 0 aliphatic carbocycles. The smallest absolute Gasteiger partial charge is 0.338 e. The normalized spacial score (nSPS) is 11.1. The van der Waals surface area contributed by atoms with Crippen LogP contribution in [0.2, 0.25) is 0 Å². The van der Waals surface area contributed by atoms with Gasteiger partial charge in [0.1, 0.15) is 18.6 Å². The van der Waals surface area contributed by atoms with E-state index in [-0.39, 0.29) is 18.0 Å². The zero-order valence-electron chi connectivity index (χ0n) is 15.4. The van der Waals surface area contributed by atoms with Gasteiger partial charge in [-0.05, 0) is 41.7 Å². The van der Waals surface area contributed by atoms with E-state index in [4.69, 9.17) is 9.47 Å². The van der Waals surface area contributed by atoms with E-state index < -0.39 is 0 Å². The van der Waals surface area contributed by atoms with E-state index >= 15 is 0 Å². The van der Waals surface area contributed by atoms with Gasteiger partial charge >= 0.3 is 5.97 Å². The third kappa shape index (κ3) is 4.47. The van der Waals surface area contributed by atoms with Gasteiger partial charge < -0.3 is 9.47 Å². The summed E-state index contributed by atoms with van der Waals surface area (Å²) in [4.78, 5) is 23.2. The van der Waals surface area contributed by atoms with Crippen molar-refractivity contribution in [1.82, 2.24) is 0 Å². The molecule has 0 spiro atoms. The molecule has 0 heterocycles. The van der Waals surface area contributed by atoms with Gasteiger partial charge in [0, 0.05) is 11.1 Å². The Morgan fingerprint density at radius 1 is 1.12 bits per heavy atom. The van der Waals surface area contributed by atoms with Crippen molar-refractivity contribution in [2.75, 3.05) is 7.11 Å². The first-order valence-electron chi connectivity index (χ1n) is 8.16. The van der Waals surface area contributed by atoms with Crippen molar-refractivity contribution in [1.29, 1.82) is 0 Å². The Morgan fingerprint density at radius 2 is 1.84 bits per heavy atom. The number of rotatable bonds is 5. The molecule has 0 atom stereocenters. The zero-order valence-corrected chi connectivity index (χ0v) is 15.4. The number of aryl methyl sites for hydroxylation is 1. The van der Waals surface area contributed by atoms with E-state index in [1.54, 1.807) is 31.4 Å². The molecule has 0 unspecified atom stereocenters. The van der Waals surface area contributed by atoms with Crippen LogP contribution >= 0.6 is 0 Å². The lowest BCUT2D eigenvalue weighted by Crippen LogP contribution is -2.15. The summed E-state index contributed by atoms with van der Waals surface area (Å²) in [6.07, 6.45) is 0.816. The van der Waals surface area contributed by atoms with Gasteiger partial charge in [-0.15, -0.1) is 0 Å². The molecular weight excluding hydrogens is 316 g/mol. The van der Waals surface area contributed by atoms with E-state index in [1.807, 2.05) is 19.1 Å². The number of aldehydes is 1. The summed E-state index contributed by atoms with van der Waals surface area (Å²) < 4.78 is 10.8. The molecular formula is C21H24O4. The molecule has 0 aliphatic rings. The topological polar surface area (TPSA) is 52.6 Å². The lowest BCUT2D eigenvalue weighted by molar-refractivity contribution is 0.0472. The van der Waals surface area contributed by atoms with E-state index in [2.05, 4.69) is 20.8 Å². The lowest BCUT2D eigenvalue weighted by atomic mass is 9.85. The minimum Gasteiger partial charge on any atom is -0.496 e.